The second kappa shape index (κ2) is 4.82. The molecule has 6 heteroatoms. The molecule has 2 N–H and O–H groups in total. The Kier molecular flexibility index (Phi) is 3.64. The van der Waals surface area contributed by atoms with E-state index in [2.05, 4.69) is 4.98 Å². The minimum atomic E-state index is -0.416. The maximum Gasteiger partial charge on any atom is 0.487 e. The molecule has 1 saturated heterocycles. The minimum absolute atomic E-state index is 0.355. The van der Waals surface area contributed by atoms with Gasteiger partial charge in [0.1, 0.15) is 5.15 Å². The Bertz CT molecular complexity index is 481. The minimum Gasteiger partial charge on any atom is -0.400 e. The molecule has 2 heterocycles. The molecule has 0 saturated carbocycles. The predicted octanol–water partition coefficient (Wildman–Crippen LogP) is 2.96. The van der Waals surface area contributed by atoms with Gasteiger partial charge in [-0.1, -0.05) is 23.7 Å². The van der Waals surface area contributed by atoms with Crippen LogP contribution in [0.3, 0.4) is 0 Å². The summed E-state index contributed by atoms with van der Waals surface area (Å²) in [6, 6.07) is 1.70. The third kappa shape index (κ3) is 2.78. The number of anilines is 1. The molecule has 0 amide bonds. The average molecular weight is 281 g/mol. The van der Waals surface area contributed by atoms with Crippen LogP contribution in [0, 0.1) is 0 Å². The van der Waals surface area contributed by atoms with Gasteiger partial charge in [0.25, 0.3) is 0 Å². The molecule has 1 aromatic rings. The summed E-state index contributed by atoms with van der Waals surface area (Å²) in [5.74, 6) is 1.80. The topological polar surface area (TPSA) is 57.4 Å². The Labute approximate surface area is 119 Å². The Morgan fingerprint density at radius 2 is 1.84 bits per heavy atom. The van der Waals surface area contributed by atoms with E-state index in [1.54, 1.807) is 24.3 Å². The predicted molar refractivity (Wildman–Crippen MR) is 78.8 cm³/mol. The van der Waals surface area contributed by atoms with Gasteiger partial charge in [-0.25, -0.2) is 4.98 Å². The number of aromatic nitrogens is 1. The molecule has 0 aliphatic carbocycles. The lowest BCUT2D eigenvalue weighted by atomic mass is 9.89. The van der Waals surface area contributed by atoms with E-state index in [-0.39, 0.29) is 11.2 Å². The summed E-state index contributed by atoms with van der Waals surface area (Å²) < 4.78 is 11.7. The first-order valence-electron chi connectivity index (χ1n) is 6.17. The molecule has 2 rings (SSSR count). The molecule has 1 aromatic heterocycles. The van der Waals surface area contributed by atoms with Gasteiger partial charge < -0.3 is 15.0 Å². The number of halogens is 1. The van der Waals surface area contributed by atoms with Crippen LogP contribution < -0.4 is 5.73 Å². The highest BCUT2D eigenvalue weighted by atomic mass is 35.5. The van der Waals surface area contributed by atoms with E-state index in [0.717, 1.165) is 0 Å². The maximum atomic E-state index is 6.00. The molecular weight excluding hydrogens is 262 g/mol. The van der Waals surface area contributed by atoms with E-state index in [9.17, 15) is 0 Å². The summed E-state index contributed by atoms with van der Waals surface area (Å²) in [5, 5.41) is 0.368. The summed E-state index contributed by atoms with van der Waals surface area (Å²) in [7, 11) is -0.416. The Balaban J connectivity index is 2.18. The van der Waals surface area contributed by atoms with Gasteiger partial charge in [0.2, 0.25) is 0 Å². The Morgan fingerprint density at radius 3 is 2.37 bits per heavy atom. The first kappa shape index (κ1) is 14.4. The van der Waals surface area contributed by atoms with Crippen LogP contribution in [0.4, 0.5) is 5.69 Å². The van der Waals surface area contributed by atoms with Crippen LogP contribution in [0.1, 0.15) is 33.3 Å². The number of nitrogen functional groups attached to an aromatic ring is 1. The monoisotopic (exact) mass is 280 g/mol. The Morgan fingerprint density at radius 1 is 1.26 bits per heavy atom. The van der Waals surface area contributed by atoms with E-state index in [0.29, 0.717) is 16.4 Å². The second-order valence-electron chi connectivity index (χ2n) is 5.59. The third-order valence-corrected chi connectivity index (χ3v) is 3.97. The van der Waals surface area contributed by atoms with Crippen molar-refractivity contribution in [3.05, 3.63) is 29.0 Å². The van der Waals surface area contributed by atoms with Crippen LogP contribution in [0.25, 0.3) is 6.08 Å². The van der Waals surface area contributed by atoms with Crippen molar-refractivity contribution in [1.29, 1.82) is 0 Å². The third-order valence-electron chi connectivity index (χ3n) is 3.67. The summed E-state index contributed by atoms with van der Waals surface area (Å²) in [5.41, 5.74) is 6.40. The molecule has 0 unspecified atom stereocenters. The first-order valence-corrected chi connectivity index (χ1v) is 6.54. The standard InChI is InChI=1S/C13H18BClN2O2/c1-12(2)13(3,4)19-14(18-12)7-5-9-10(16)6-8-17-11(9)15/h5-8H,1-4H3,(H2,16,17)/b7-5+. The molecule has 0 radical (unpaired) electrons. The van der Waals surface area contributed by atoms with E-state index in [1.165, 1.54) is 0 Å². The van der Waals surface area contributed by atoms with Gasteiger partial charge in [0, 0.05) is 17.4 Å². The molecule has 0 bridgehead atoms. The fraction of sp³-hybridized carbons (Fsp3) is 0.462. The van der Waals surface area contributed by atoms with Crippen LogP contribution >= 0.6 is 11.6 Å². The van der Waals surface area contributed by atoms with Crippen molar-refractivity contribution in [2.75, 3.05) is 5.73 Å². The van der Waals surface area contributed by atoms with Gasteiger partial charge in [0.15, 0.2) is 0 Å². The maximum absolute atomic E-state index is 6.00. The van der Waals surface area contributed by atoms with Crippen molar-refractivity contribution in [1.82, 2.24) is 4.98 Å². The zero-order chi connectivity index (χ0) is 14.3. The zero-order valence-electron chi connectivity index (χ0n) is 11.6. The number of rotatable bonds is 2. The van der Waals surface area contributed by atoms with Gasteiger partial charge in [-0.3, -0.25) is 0 Å². The molecular formula is C13H18BClN2O2. The van der Waals surface area contributed by atoms with E-state index >= 15 is 0 Å². The van der Waals surface area contributed by atoms with Gasteiger partial charge in [-0.2, -0.15) is 0 Å². The lowest BCUT2D eigenvalue weighted by molar-refractivity contribution is 0.00578. The molecule has 1 fully saturated rings. The van der Waals surface area contributed by atoms with Gasteiger partial charge in [0.05, 0.1) is 11.2 Å². The van der Waals surface area contributed by atoms with Crippen molar-refractivity contribution in [2.24, 2.45) is 0 Å². The summed E-state index contributed by atoms with van der Waals surface area (Å²) in [6.45, 7) is 8.02. The van der Waals surface area contributed by atoms with Crippen LogP contribution in [-0.4, -0.2) is 23.3 Å². The summed E-state index contributed by atoms with van der Waals surface area (Å²) in [4.78, 5) is 3.99. The Hall–Kier alpha value is -1.04. The molecule has 0 spiro atoms. The first-order chi connectivity index (χ1) is 8.73. The van der Waals surface area contributed by atoms with Crippen LogP contribution in [-0.2, 0) is 9.31 Å². The summed E-state index contributed by atoms with van der Waals surface area (Å²) in [6.07, 6.45) is 3.36. The van der Waals surface area contributed by atoms with Crippen molar-refractivity contribution in [3.63, 3.8) is 0 Å². The number of nitrogens with zero attached hydrogens (tertiary/aromatic N) is 1. The van der Waals surface area contributed by atoms with Gasteiger partial charge in [-0.15, -0.1) is 0 Å². The summed E-state index contributed by atoms with van der Waals surface area (Å²) >= 11 is 6.00. The highest BCUT2D eigenvalue weighted by Crippen LogP contribution is 2.37. The van der Waals surface area contributed by atoms with Crippen molar-refractivity contribution >= 4 is 30.5 Å². The fourth-order valence-corrected chi connectivity index (χ4v) is 2.00. The van der Waals surface area contributed by atoms with E-state index in [4.69, 9.17) is 26.6 Å². The molecule has 1 aliphatic rings. The number of pyridine rings is 1. The largest absolute Gasteiger partial charge is 0.487 e. The molecule has 1 aliphatic heterocycles. The second-order valence-corrected chi connectivity index (χ2v) is 5.95. The zero-order valence-corrected chi connectivity index (χ0v) is 12.4. The SMILES string of the molecule is CC1(C)OB(/C=C/c2c(N)ccnc2Cl)OC1(C)C. The molecule has 0 aromatic carbocycles. The average Bonchev–Trinajstić information content (AvgIpc) is 2.46. The van der Waals surface area contributed by atoms with Crippen molar-refractivity contribution < 1.29 is 9.31 Å². The number of hydrogen-bond donors (Lipinski definition) is 1. The molecule has 102 valence electrons. The van der Waals surface area contributed by atoms with Crippen LogP contribution in [0.2, 0.25) is 5.15 Å². The molecule has 0 atom stereocenters. The number of nitrogens with two attached hydrogens (primary N) is 1. The van der Waals surface area contributed by atoms with Crippen molar-refractivity contribution in [2.45, 2.75) is 38.9 Å². The van der Waals surface area contributed by atoms with Crippen molar-refractivity contribution in [3.8, 4) is 0 Å². The molecule has 19 heavy (non-hydrogen) atoms. The van der Waals surface area contributed by atoms with Gasteiger partial charge in [-0.05, 0) is 33.8 Å². The normalized spacial score (nSPS) is 21.2. The highest BCUT2D eigenvalue weighted by molar-refractivity contribution is 6.52. The molecule has 4 nitrogen and oxygen atoms in total. The highest BCUT2D eigenvalue weighted by Gasteiger charge is 2.50. The lowest BCUT2D eigenvalue weighted by Crippen LogP contribution is -2.41. The van der Waals surface area contributed by atoms with Crippen LogP contribution in [0.5, 0.6) is 0 Å². The van der Waals surface area contributed by atoms with E-state index < -0.39 is 7.12 Å². The lowest BCUT2D eigenvalue weighted by Gasteiger charge is -2.32. The van der Waals surface area contributed by atoms with E-state index in [1.807, 2.05) is 27.7 Å². The fourth-order valence-electron chi connectivity index (χ4n) is 1.77. The smallest absolute Gasteiger partial charge is 0.400 e. The number of hydrogen-bond acceptors (Lipinski definition) is 4. The van der Waals surface area contributed by atoms with Crippen LogP contribution in [0.15, 0.2) is 18.2 Å². The quantitative estimate of drug-likeness (QED) is 0.668. The van der Waals surface area contributed by atoms with Gasteiger partial charge >= 0.3 is 7.12 Å².